The number of carbonyl (C=O) groups excluding carboxylic acids is 1. The average molecular weight is 490 g/mol. The lowest BCUT2D eigenvalue weighted by molar-refractivity contribution is -0.113. The Labute approximate surface area is 204 Å². The third-order valence-corrected chi connectivity index (χ3v) is 6.79. The lowest BCUT2D eigenvalue weighted by Crippen LogP contribution is -2.24. The molecule has 0 aliphatic carbocycles. The first kappa shape index (κ1) is 22.2. The number of benzene rings is 3. The van der Waals surface area contributed by atoms with Gasteiger partial charge < -0.3 is 5.32 Å². The van der Waals surface area contributed by atoms with E-state index in [1.165, 1.54) is 11.8 Å². The van der Waals surface area contributed by atoms with Crippen LogP contribution in [0.4, 0.5) is 5.69 Å². The Kier molecular flexibility index (Phi) is 6.08. The number of anilines is 1. The molecule has 0 saturated carbocycles. The van der Waals surface area contributed by atoms with Crippen molar-refractivity contribution < 1.29 is 4.79 Å². The minimum Gasteiger partial charge on any atom is -0.325 e. The molecular formula is C25H20ClN5O2S. The molecule has 9 heteroatoms. The molecule has 1 N–H and O–H groups in total. The smallest absolute Gasteiger partial charge is 0.263 e. The van der Waals surface area contributed by atoms with Gasteiger partial charge in [-0.3, -0.25) is 18.6 Å². The Morgan fingerprint density at radius 2 is 1.79 bits per heavy atom. The van der Waals surface area contributed by atoms with Crippen LogP contribution in [0, 0.1) is 6.92 Å². The summed E-state index contributed by atoms with van der Waals surface area (Å²) < 4.78 is 3.45. The zero-order valence-electron chi connectivity index (χ0n) is 18.2. The van der Waals surface area contributed by atoms with Gasteiger partial charge in [0.05, 0.1) is 23.2 Å². The number of hydrogen-bond acceptors (Lipinski definition) is 5. The highest BCUT2D eigenvalue weighted by molar-refractivity contribution is 7.99. The number of amides is 1. The van der Waals surface area contributed by atoms with Crippen LogP contribution in [0.15, 0.2) is 82.7 Å². The highest BCUT2D eigenvalue weighted by Crippen LogP contribution is 2.23. The fourth-order valence-corrected chi connectivity index (χ4v) is 4.65. The third-order valence-electron chi connectivity index (χ3n) is 5.45. The van der Waals surface area contributed by atoms with Crippen LogP contribution in [0.1, 0.15) is 11.1 Å². The predicted octanol–water partition coefficient (Wildman–Crippen LogP) is 4.79. The van der Waals surface area contributed by atoms with Crippen molar-refractivity contribution >= 4 is 51.6 Å². The van der Waals surface area contributed by atoms with Gasteiger partial charge in [-0.25, -0.2) is 0 Å². The number of halogens is 1. The van der Waals surface area contributed by atoms with Gasteiger partial charge in [0, 0.05) is 10.7 Å². The molecule has 0 aliphatic heterocycles. The number of rotatable bonds is 6. The topological polar surface area (TPSA) is 81.3 Å². The number of nitrogens with one attached hydrogen (secondary N) is 1. The maximum atomic E-state index is 13.3. The van der Waals surface area contributed by atoms with Crippen molar-refractivity contribution in [2.24, 2.45) is 0 Å². The Morgan fingerprint density at radius 3 is 2.59 bits per heavy atom. The van der Waals surface area contributed by atoms with Gasteiger partial charge in [-0.05, 0) is 42.3 Å². The van der Waals surface area contributed by atoms with Gasteiger partial charge in [-0.15, -0.1) is 10.2 Å². The first-order chi connectivity index (χ1) is 16.5. The second-order valence-corrected chi connectivity index (χ2v) is 9.16. The van der Waals surface area contributed by atoms with E-state index in [1.807, 2.05) is 72.0 Å². The molecule has 170 valence electrons. The number of hydrogen-bond donors (Lipinski definition) is 1. The maximum absolute atomic E-state index is 13.3. The van der Waals surface area contributed by atoms with E-state index in [0.717, 1.165) is 11.1 Å². The summed E-state index contributed by atoms with van der Waals surface area (Å²) in [6.45, 7) is 2.27. The standard InChI is InChI=1S/C25H20ClN5O2S/c1-16-11-12-18(13-20(16)26)27-22(32)15-34-25-29-28-24-30(14-17-7-3-2-4-8-17)23(33)19-9-5-6-10-21(19)31(24)25/h2-13H,14-15H2,1H3,(H,27,32). The number of aryl methyl sites for hydroxylation is 1. The molecule has 3 aromatic carbocycles. The molecule has 0 fully saturated rings. The maximum Gasteiger partial charge on any atom is 0.263 e. The molecule has 0 saturated heterocycles. The van der Waals surface area contributed by atoms with Crippen molar-refractivity contribution in [2.75, 3.05) is 11.1 Å². The van der Waals surface area contributed by atoms with E-state index in [0.29, 0.717) is 39.1 Å². The van der Waals surface area contributed by atoms with E-state index in [-0.39, 0.29) is 17.2 Å². The molecule has 0 radical (unpaired) electrons. The molecule has 0 bridgehead atoms. The van der Waals surface area contributed by atoms with Gasteiger partial charge in [0.25, 0.3) is 5.56 Å². The summed E-state index contributed by atoms with van der Waals surface area (Å²) in [5.41, 5.74) is 3.12. The van der Waals surface area contributed by atoms with E-state index in [9.17, 15) is 9.59 Å². The number of aromatic nitrogens is 4. The zero-order chi connectivity index (χ0) is 23.7. The summed E-state index contributed by atoms with van der Waals surface area (Å²) in [5, 5.41) is 13.2. The SMILES string of the molecule is Cc1ccc(NC(=O)CSc2nnc3n(Cc4ccccc4)c(=O)c4ccccc4n23)cc1Cl. The minimum absolute atomic E-state index is 0.123. The van der Waals surface area contributed by atoms with Gasteiger partial charge in [0.15, 0.2) is 5.16 Å². The van der Waals surface area contributed by atoms with Crippen LogP contribution < -0.4 is 10.9 Å². The quantitative estimate of drug-likeness (QED) is 0.347. The van der Waals surface area contributed by atoms with Crippen molar-refractivity contribution in [2.45, 2.75) is 18.6 Å². The van der Waals surface area contributed by atoms with Crippen molar-refractivity contribution in [3.63, 3.8) is 0 Å². The molecule has 0 aliphatic rings. The lowest BCUT2D eigenvalue weighted by atomic mass is 10.2. The predicted molar refractivity (Wildman–Crippen MR) is 136 cm³/mol. The van der Waals surface area contributed by atoms with Gasteiger partial charge >= 0.3 is 0 Å². The first-order valence-electron chi connectivity index (χ1n) is 10.6. The van der Waals surface area contributed by atoms with Crippen molar-refractivity contribution in [1.29, 1.82) is 0 Å². The second kappa shape index (κ2) is 9.32. The minimum atomic E-state index is -0.191. The van der Waals surface area contributed by atoms with E-state index < -0.39 is 0 Å². The van der Waals surface area contributed by atoms with Crippen LogP contribution in [-0.2, 0) is 11.3 Å². The third kappa shape index (κ3) is 4.30. The van der Waals surface area contributed by atoms with E-state index in [4.69, 9.17) is 11.6 Å². The number of thioether (sulfide) groups is 1. The summed E-state index contributed by atoms with van der Waals surface area (Å²) in [6.07, 6.45) is 0. The molecule has 7 nitrogen and oxygen atoms in total. The molecule has 1 amide bonds. The van der Waals surface area contributed by atoms with Crippen LogP contribution in [-0.4, -0.2) is 30.8 Å². The Bertz CT molecular complexity index is 1580. The average Bonchev–Trinajstić information content (AvgIpc) is 3.27. The fourth-order valence-electron chi connectivity index (χ4n) is 3.73. The largest absolute Gasteiger partial charge is 0.325 e. The van der Waals surface area contributed by atoms with Gasteiger partial charge in [-0.2, -0.15) is 0 Å². The summed E-state index contributed by atoms with van der Waals surface area (Å²) >= 11 is 7.41. The molecule has 0 spiro atoms. The number of nitrogens with zero attached hydrogens (tertiary/aromatic N) is 4. The highest BCUT2D eigenvalue weighted by atomic mass is 35.5. The molecule has 5 aromatic rings. The lowest BCUT2D eigenvalue weighted by Gasteiger charge is -2.11. The summed E-state index contributed by atoms with van der Waals surface area (Å²) in [5.74, 6) is 0.364. The molecule has 0 unspecified atom stereocenters. The van der Waals surface area contributed by atoms with Gasteiger partial charge in [0.2, 0.25) is 11.7 Å². The van der Waals surface area contributed by atoms with Crippen molar-refractivity contribution in [3.05, 3.63) is 99.3 Å². The van der Waals surface area contributed by atoms with Gasteiger partial charge in [0.1, 0.15) is 0 Å². The Morgan fingerprint density at radius 1 is 1.03 bits per heavy atom. The monoisotopic (exact) mass is 489 g/mol. The number of carbonyl (C=O) groups is 1. The van der Waals surface area contributed by atoms with Crippen LogP contribution >= 0.6 is 23.4 Å². The first-order valence-corrected chi connectivity index (χ1v) is 12.0. The molecule has 5 rings (SSSR count). The highest BCUT2D eigenvalue weighted by Gasteiger charge is 2.18. The van der Waals surface area contributed by atoms with E-state index >= 15 is 0 Å². The Hall–Kier alpha value is -3.62. The molecule has 0 atom stereocenters. The fraction of sp³-hybridized carbons (Fsp3) is 0.120. The van der Waals surface area contributed by atoms with Crippen LogP contribution in [0.5, 0.6) is 0 Å². The number of para-hydroxylation sites is 1. The van der Waals surface area contributed by atoms with Gasteiger partial charge in [-0.1, -0.05) is 71.9 Å². The van der Waals surface area contributed by atoms with Crippen molar-refractivity contribution in [3.8, 4) is 0 Å². The van der Waals surface area contributed by atoms with Crippen LogP contribution in [0.25, 0.3) is 16.7 Å². The van der Waals surface area contributed by atoms with Crippen LogP contribution in [0.3, 0.4) is 0 Å². The normalized spacial score (nSPS) is 11.2. The zero-order valence-corrected chi connectivity index (χ0v) is 19.8. The molecule has 2 aromatic heterocycles. The summed E-state index contributed by atoms with van der Waals surface area (Å²) in [4.78, 5) is 25.9. The summed E-state index contributed by atoms with van der Waals surface area (Å²) in [6, 6.07) is 22.5. The van der Waals surface area contributed by atoms with Crippen LogP contribution in [0.2, 0.25) is 5.02 Å². The second-order valence-electron chi connectivity index (χ2n) is 7.81. The molecular weight excluding hydrogens is 470 g/mol. The van der Waals surface area contributed by atoms with E-state index in [2.05, 4.69) is 15.5 Å². The summed E-state index contributed by atoms with van der Waals surface area (Å²) in [7, 11) is 0. The Balaban J connectivity index is 1.48. The van der Waals surface area contributed by atoms with E-state index in [1.54, 1.807) is 16.7 Å². The molecule has 2 heterocycles. The number of fused-ring (bicyclic) bond motifs is 3. The van der Waals surface area contributed by atoms with Crippen molar-refractivity contribution in [1.82, 2.24) is 19.2 Å². The molecule has 34 heavy (non-hydrogen) atoms.